The van der Waals surface area contributed by atoms with E-state index in [-0.39, 0.29) is 29.6 Å². The average Bonchev–Trinajstić information content (AvgIpc) is 2.01. The van der Waals surface area contributed by atoms with Crippen LogP contribution in [0.25, 0.3) is 0 Å². The first-order chi connectivity index (χ1) is 6.21. The molecule has 0 aromatic carbocycles. The minimum atomic E-state index is -4.63. The van der Waals surface area contributed by atoms with Crippen LogP contribution in [0.1, 0.15) is 0 Å². The number of rotatable bonds is 2. The van der Waals surface area contributed by atoms with Crippen molar-refractivity contribution in [2.75, 3.05) is 0 Å². The molecule has 11 heteroatoms. The Morgan fingerprint density at radius 2 is 1.27 bits per heavy atom. The quantitative estimate of drug-likeness (QED) is 0.407. The van der Waals surface area contributed by atoms with Crippen molar-refractivity contribution in [2.24, 2.45) is 0 Å². The van der Waals surface area contributed by atoms with E-state index in [1.165, 1.54) is 0 Å². The van der Waals surface area contributed by atoms with Crippen LogP contribution >= 0.6 is 0 Å². The van der Waals surface area contributed by atoms with E-state index in [1.54, 1.807) is 0 Å². The molecule has 0 radical (unpaired) electrons. The molecule has 0 aliphatic heterocycles. The first kappa shape index (κ1) is 14.9. The number of aromatic nitrogens is 2. The fourth-order valence-electron chi connectivity index (χ4n) is 0.580. The molecule has 1 aromatic heterocycles. The molecule has 1 heterocycles. The summed E-state index contributed by atoms with van der Waals surface area (Å²) in [6.45, 7) is 0. The second-order valence-electron chi connectivity index (χ2n) is 2.15. The Bertz CT molecular complexity index is 505. The van der Waals surface area contributed by atoms with Crippen LogP contribution in [0.2, 0.25) is 0 Å². The van der Waals surface area contributed by atoms with Gasteiger partial charge in [-0.25, -0.2) is 4.98 Å². The van der Waals surface area contributed by atoms with Gasteiger partial charge in [0.15, 0.2) is 0 Å². The fourth-order valence-corrected chi connectivity index (χ4v) is 1.45. The molecule has 0 spiro atoms. The van der Waals surface area contributed by atoms with Gasteiger partial charge in [-0.15, -0.1) is 0 Å². The third-order valence-corrected chi connectivity index (χ3v) is 2.57. The van der Waals surface area contributed by atoms with Crippen LogP contribution in [0.3, 0.4) is 0 Å². The molecule has 78 valence electrons. The number of nitrogens with zero attached hydrogens (tertiary/aromatic N) is 2. The Kier molecular flexibility index (Phi) is 4.79. The Hall–Kier alpha value is -0.100. The summed E-state index contributed by atoms with van der Waals surface area (Å²) in [5.74, 6) is 0. The maximum Gasteiger partial charge on any atom is 1.00 e. The second-order valence-corrected chi connectivity index (χ2v) is 4.88. The number of hydrogen-bond acceptors (Lipinski definition) is 6. The van der Waals surface area contributed by atoms with Crippen LogP contribution < -0.4 is 29.6 Å². The molecule has 1 aromatic rings. The monoisotopic (exact) mass is 263 g/mol. The van der Waals surface area contributed by atoms with Gasteiger partial charge in [-0.2, -0.15) is 16.8 Å². The molecule has 15 heavy (non-hydrogen) atoms. The summed E-state index contributed by atoms with van der Waals surface area (Å²) in [7, 11) is -9.27. The van der Waals surface area contributed by atoms with Crippen LogP contribution in [0, 0.1) is 0 Å². The number of hydrogen-bond donors (Lipinski definition) is 2. The third kappa shape index (κ3) is 4.10. The molecular formula is C4H4N2NaO6S2+. The predicted molar refractivity (Wildman–Crippen MR) is 41.7 cm³/mol. The van der Waals surface area contributed by atoms with Crippen molar-refractivity contribution in [2.45, 2.75) is 10.1 Å². The van der Waals surface area contributed by atoms with E-state index in [4.69, 9.17) is 9.11 Å². The van der Waals surface area contributed by atoms with Gasteiger partial charge in [0.25, 0.3) is 0 Å². The van der Waals surface area contributed by atoms with Gasteiger partial charge < -0.3 is 0 Å². The SMILES string of the molecule is O=S(=O)(O)c1cncc(S(=O)(=O)O)n1.[Na+]. The Balaban J connectivity index is 0.00000196. The molecule has 0 bridgehead atoms. The molecule has 0 amide bonds. The second kappa shape index (κ2) is 4.82. The third-order valence-electron chi connectivity index (χ3n) is 1.12. The zero-order valence-electron chi connectivity index (χ0n) is 7.39. The smallest absolute Gasteiger partial charge is 0.281 e. The van der Waals surface area contributed by atoms with Gasteiger partial charge in [0, 0.05) is 0 Å². The van der Waals surface area contributed by atoms with E-state index in [0.717, 1.165) is 0 Å². The van der Waals surface area contributed by atoms with Gasteiger partial charge in [-0.3, -0.25) is 14.1 Å². The largest absolute Gasteiger partial charge is 1.00 e. The molecule has 8 nitrogen and oxygen atoms in total. The summed E-state index contributed by atoms with van der Waals surface area (Å²) in [6, 6.07) is 0. The van der Waals surface area contributed by atoms with Crippen molar-refractivity contribution >= 4 is 20.2 Å². The molecule has 0 aliphatic carbocycles. The average molecular weight is 263 g/mol. The molecule has 0 saturated carbocycles. The summed E-state index contributed by atoms with van der Waals surface area (Å²) in [5, 5.41) is -1.90. The van der Waals surface area contributed by atoms with Crippen molar-refractivity contribution in [3.8, 4) is 0 Å². The fraction of sp³-hybridized carbons (Fsp3) is 0. The zero-order chi connectivity index (χ0) is 11.0. The van der Waals surface area contributed by atoms with Crippen LogP contribution in [0.15, 0.2) is 22.4 Å². The molecule has 2 N–H and O–H groups in total. The predicted octanol–water partition coefficient (Wildman–Crippen LogP) is -4.03. The first-order valence-electron chi connectivity index (χ1n) is 2.98. The Labute approximate surface area is 108 Å². The van der Waals surface area contributed by atoms with Crippen molar-refractivity contribution in [1.82, 2.24) is 9.97 Å². The van der Waals surface area contributed by atoms with Gasteiger partial charge in [-0.05, 0) is 0 Å². The van der Waals surface area contributed by atoms with Crippen molar-refractivity contribution in [1.29, 1.82) is 0 Å². The topological polar surface area (TPSA) is 135 Å². The summed E-state index contributed by atoms with van der Waals surface area (Å²) < 4.78 is 58.9. The first-order valence-corrected chi connectivity index (χ1v) is 5.86. The molecule has 0 fully saturated rings. The van der Waals surface area contributed by atoms with E-state index in [0.29, 0.717) is 12.4 Å². The van der Waals surface area contributed by atoms with E-state index in [2.05, 4.69) is 9.97 Å². The van der Waals surface area contributed by atoms with E-state index >= 15 is 0 Å². The van der Waals surface area contributed by atoms with Crippen LogP contribution in [0.4, 0.5) is 0 Å². The van der Waals surface area contributed by atoms with Crippen LogP contribution in [-0.2, 0) is 20.2 Å². The van der Waals surface area contributed by atoms with E-state index in [9.17, 15) is 16.8 Å². The summed E-state index contributed by atoms with van der Waals surface area (Å²) >= 11 is 0. The van der Waals surface area contributed by atoms with Gasteiger partial charge in [0.2, 0.25) is 10.1 Å². The Morgan fingerprint density at radius 1 is 0.933 bits per heavy atom. The molecule has 1 rings (SSSR count). The van der Waals surface area contributed by atoms with Crippen LogP contribution in [-0.4, -0.2) is 35.9 Å². The molecule has 0 aliphatic rings. The van der Waals surface area contributed by atoms with Crippen molar-refractivity contribution < 1.29 is 55.5 Å². The minimum Gasteiger partial charge on any atom is -0.281 e. The molecule has 0 atom stereocenters. The maximum absolute atomic E-state index is 10.5. The maximum atomic E-state index is 10.5. The summed E-state index contributed by atoms with van der Waals surface area (Å²) in [5.41, 5.74) is 0. The van der Waals surface area contributed by atoms with Crippen LogP contribution in [0.5, 0.6) is 0 Å². The van der Waals surface area contributed by atoms with E-state index in [1.807, 2.05) is 0 Å². The standard InChI is InChI=1S/C4H4N2O6S2.Na/c7-13(8,9)3-1-5-2-4(6-3)14(10,11)12;/h1-2H,(H,7,8,9)(H,10,11,12);/q;+1. The van der Waals surface area contributed by atoms with Gasteiger partial charge in [-0.1, -0.05) is 0 Å². The van der Waals surface area contributed by atoms with Gasteiger partial charge in [0.05, 0.1) is 12.4 Å². The van der Waals surface area contributed by atoms with Gasteiger partial charge >= 0.3 is 49.8 Å². The summed E-state index contributed by atoms with van der Waals surface area (Å²) in [6.07, 6.45) is 1.29. The zero-order valence-corrected chi connectivity index (χ0v) is 11.0. The molecular weight excluding hydrogens is 259 g/mol. The van der Waals surface area contributed by atoms with E-state index < -0.39 is 30.3 Å². The Morgan fingerprint density at radius 3 is 1.53 bits per heavy atom. The summed E-state index contributed by atoms with van der Waals surface area (Å²) in [4.78, 5) is 6.15. The van der Waals surface area contributed by atoms with Crippen molar-refractivity contribution in [3.63, 3.8) is 0 Å². The molecule has 0 unspecified atom stereocenters. The van der Waals surface area contributed by atoms with Gasteiger partial charge in [0.1, 0.15) is 0 Å². The molecule has 0 saturated heterocycles. The minimum absolute atomic E-state index is 0. The normalized spacial score (nSPS) is 11.9. The van der Waals surface area contributed by atoms with Crippen molar-refractivity contribution in [3.05, 3.63) is 12.4 Å².